The van der Waals surface area contributed by atoms with Gasteiger partial charge in [0.15, 0.2) is 5.76 Å². The zero-order chi connectivity index (χ0) is 15.7. The van der Waals surface area contributed by atoms with Crippen molar-refractivity contribution in [2.24, 2.45) is 5.92 Å². The molecular formula is C17H18FNO3. The second kappa shape index (κ2) is 5.91. The molecule has 1 aromatic heterocycles. The van der Waals surface area contributed by atoms with Gasteiger partial charge >= 0.3 is 5.63 Å². The van der Waals surface area contributed by atoms with E-state index in [1.807, 2.05) is 0 Å². The zero-order valence-corrected chi connectivity index (χ0v) is 12.4. The molecule has 0 saturated heterocycles. The van der Waals surface area contributed by atoms with E-state index in [1.54, 1.807) is 0 Å². The Balaban J connectivity index is 1.89. The molecule has 1 aliphatic rings. The Bertz CT molecular complexity index is 768. The van der Waals surface area contributed by atoms with Crippen molar-refractivity contribution < 1.29 is 13.6 Å². The molecule has 0 aliphatic heterocycles. The zero-order valence-electron chi connectivity index (χ0n) is 12.4. The van der Waals surface area contributed by atoms with Crippen molar-refractivity contribution in [2.45, 2.75) is 38.6 Å². The van der Waals surface area contributed by atoms with Gasteiger partial charge in [0.1, 0.15) is 5.82 Å². The molecule has 1 heterocycles. The summed E-state index contributed by atoms with van der Waals surface area (Å²) in [6.07, 6.45) is 4.28. The molecule has 1 aromatic carbocycles. The van der Waals surface area contributed by atoms with Crippen LogP contribution < -0.4 is 10.9 Å². The first-order valence-corrected chi connectivity index (χ1v) is 7.59. The van der Waals surface area contributed by atoms with Crippen LogP contribution in [0.25, 0.3) is 10.8 Å². The van der Waals surface area contributed by atoms with Gasteiger partial charge in [-0.1, -0.05) is 19.8 Å². The van der Waals surface area contributed by atoms with Crippen molar-refractivity contribution in [1.82, 2.24) is 5.32 Å². The summed E-state index contributed by atoms with van der Waals surface area (Å²) in [4.78, 5) is 24.2. The molecule has 1 N–H and O–H groups in total. The highest BCUT2D eigenvalue weighted by atomic mass is 19.1. The maximum atomic E-state index is 13.3. The second-order valence-corrected chi connectivity index (χ2v) is 5.97. The molecule has 2 unspecified atom stereocenters. The lowest BCUT2D eigenvalue weighted by Crippen LogP contribution is -2.41. The van der Waals surface area contributed by atoms with Gasteiger partial charge in [0, 0.05) is 6.04 Å². The van der Waals surface area contributed by atoms with Crippen LogP contribution in [0.4, 0.5) is 4.39 Å². The molecule has 5 heteroatoms. The number of carbonyl (C=O) groups is 1. The van der Waals surface area contributed by atoms with Crippen LogP contribution in [-0.4, -0.2) is 11.9 Å². The fourth-order valence-electron chi connectivity index (χ4n) is 3.05. The number of hydrogen-bond donors (Lipinski definition) is 1. The Kier molecular flexibility index (Phi) is 3.96. The van der Waals surface area contributed by atoms with Gasteiger partial charge in [-0.2, -0.15) is 0 Å². The van der Waals surface area contributed by atoms with E-state index >= 15 is 0 Å². The summed E-state index contributed by atoms with van der Waals surface area (Å²) in [6.45, 7) is 2.11. The maximum absolute atomic E-state index is 13.3. The van der Waals surface area contributed by atoms with Gasteiger partial charge in [-0.25, -0.2) is 9.18 Å². The van der Waals surface area contributed by atoms with Crippen LogP contribution in [0.5, 0.6) is 0 Å². The lowest BCUT2D eigenvalue weighted by Gasteiger charge is -2.29. The Morgan fingerprint density at radius 2 is 2.05 bits per heavy atom. The first-order chi connectivity index (χ1) is 10.5. The lowest BCUT2D eigenvalue weighted by atomic mass is 9.86. The molecule has 1 amide bonds. The van der Waals surface area contributed by atoms with Crippen molar-refractivity contribution >= 4 is 16.7 Å². The topological polar surface area (TPSA) is 59.3 Å². The minimum absolute atomic E-state index is 0.0686. The Morgan fingerprint density at radius 1 is 1.27 bits per heavy atom. The van der Waals surface area contributed by atoms with E-state index < -0.39 is 17.3 Å². The van der Waals surface area contributed by atoms with E-state index in [-0.39, 0.29) is 17.2 Å². The summed E-state index contributed by atoms with van der Waals surface area (Å²) >= 11 is 0. The molecule has 1 fully saturated rings. The quantitative estimate of drug-likeness (QED) is 0.926. The summed E-state index contributed by atoms with van der Waals surface area (Å²) in [6, 6.07) is 5.30. The highest BCUT2D eigenvalue weighted by Crippen LogP contribution is 2.24. The van der Waals surface area contributed by atoms with E-state index in [4.69, 9.17) is 4.42 Å². The van der Waals surface area contributed by atoms with E-state index in [2.05, 4.69) is 12.2 Å². The van der Waals surface area contributed by atoms with Crippen LogP contribution in [-0.2, 0) is 0 Å². The summed E-state index contributed by atoms with van der Waals surface area (Å²) in [7, 11) is 0. The number of rotatable bonds is 2. The fourth-order valence-corrected chi connectivity index (χ4v) is 3.05. The smallest absolute Gasteiger partial charge is 0.344 e. The number of amides is 1. The van der Waals surface area contributed by atoms with Crippen LogP contribution in [0.2, 0.25) is 0 Å². The average molecular weight is 303 g/mol. The largest absolute Gasteiger partial charge is 0.417 e. The molecule has 2 atom stereocenters. The number of fused-ring (bicyclic) bond motifs is 1. The van der Waals surface area contributed by atoms with Crippen LogP contribution in [0, 0.1) is 11.7 Å². The first-order valence-electron chi connectivity index (χ1n) is 7.59. The van der Waals surface area contributed by atoms with E-state index in [0.717, 1.165) is 19.3 Å². The predicted molar refractivity (Wildman–Crippen MR) is 81.3 cm³/mol. The van der Waals surface area contributed by atoms with Crippen LogP contribution in [0.15, 0.2) is 33.5 Å². The van der Waals surface area contributed by atoms with Gasteiger partial charge in [-0.3, -0.25) is 4.79 Å². The second-order valence-electron chi connectivity index (χ2n) is 5.97. The summed E-state index contributed by atoms with van der Waals surface area (Å²) < 4.78 is 18.4. The van der Waals surface area contributed by atoms with Crippen molar-refractivity contribution in [3.63, 3.8) is 0 Å². The molecule has 0 radical (unpaired) electrons. The molecule has 1 aliphatic carbocycles. The SMILES string of the molecule is CC1CCCCC1NC(=O)c1cc2cc(F)ccc2c(=O)o1. The third-order valence-electron chi connectivity index (χ3n) is 4.37. The monoisotopic (exact) mass is 303 g/mol. The Labute approximate surface area is 127 Å². The minimum Gasteiger partial charge on any atom is -0.417 e. The fraction of sp³-hybridized carbons (Fsp3) is 0.412. The average Bonchev–Trinajstić information content (AvgIpc) is 2.49. The van der Waals surface area contributed by atoms with E-state index in [9.17, 15) is 14.0 Å². The van der Waals surface area contributed by atoms with Gasteiger partial charge in [-0.15, -0.1) is 0 Å². The summed E-state index contributed by atoms with van der Waals surface area (Å²) in [5.41, 5.74) is -0.626. The number of carbonyl (C=O) groups excluding carboxylic acids is 1. The molecule has 0 bridgehead atoms. The van der Waals surface area contributed by atoms with Crippen molar-refractivity contribution in [2.75, 3.05) is 0 Å². The number of nitrogens with one attached hydrogen (secondary N) is 1. The van der Waals surface area contributed by atoms with Crippen molar-refractivity contribution in [1.29, 1.82) is 0 Å². The van der Waals surface area contributed by atoms with E-state index in [1.165, 1.54) is 30.7 Å². The van der Waals surface area contributed by atoms with Gasteiger partial charge in [0.2, 0.25) is 0 Å². The highest BCUT2D eigenvalue weighted by molar-refractivity contribution is 5.95. The number of halogens is 1. The van der Waals surface area contributed by atoms with Gasteiger partial charge in [0.05, 0.1) is 5.39 Å². The lowest BCUT2D eigenvalue weighted by molar-refractivity contribution is 0.0878. The van der Waals surface area contributed by atoms with Crippen molar-refractivity contribution in [3.05, 3.63) is 46.3 Å². The van der Waals surface area contributed by atoms with Crippen LogP contribution in [0.1, 0.15) is 43.2 Å². The summed E-state index contributed by atoms with van der Waals surface area (Å²) in [5, 5.41) is 3.57. The molecule has 2 aromatic rings. The molecule has 22 heavy (non-hydrogen) atoms. The van der Waals surface area contributed by atoms with Crippen LogP contribution in [0.3, 0.4) is 0 Å². The molecule has 0 spiro atoms. The standard InChI is InChI=1S/C17H18FNO3/c1-10-4-2-3-5-14(10)19-16(20)15-9-11-8-12(18)6-7-13(11)17(21)22-15/h6-10,14H,2-5H2,1H3,(H,19,20). The molecule has 1 saturated carbocycles. The molecule has 116 valence electrons. The first kappa shape index (κ1) is 14.8. The highest BCUT2D eigenvalue weighted by Gasteiger charge is 2.24. The molecule has 4 nitrogen and oxygen atoms in total. The Morgan fingerprint density at radius 3 is 2.82 bits per heavy atom. The number of hydrogen-bond acceptors (Lipinski definition) is 3. The molecule has 3 rings (SSSR count). The predicted octanol–water partition coefficient (Wildman–Crippen LogP) is 3.24. The van der Waals surface area contributed by atoms with Gasteiger partial charge in [0.25, 0.3) is 5.91 Å². The summed E-state index contributed by atoms with van der Waals surface area (Å²) in [5.74, 6) is -0.532. The van der Waals surface area contributed by atoms with Gasteiger partial charge < -0.3 is 9.73 Å². The maximum Gasteiger partial charge on any atom is 0.344 e. The minimum atomic E-state index is -0.626. The molecular weight excluding hydrogens is 285 g/mol. The van der Waals surface area contributed by atoms with Gasteiger partial charge in [-0.05, 0) is 48.4 Å². The van der Waals surface area contributed by atoms with E-state index in [0.29, 0.717) is 11.3 Å². The Hall–Kier alpha value is -2.17. The third kappa shape index (κ3) is 2.89. The normalized spacial score (nSPS) is 21.7. The number of benzene rings is 1. The van der Waals surface area contributed by atoms with Crippen molar-refractivity contribution in [3.8, 4) is 0 Å². The third-order valence-corrected chi connectivity index (χ3v) is 4.37. The van der Waals surface area contributed by atoms with Crippen LogP contribution >= 0.6 is 0 Å².